The highest BCUT2D eigenvalue weighted by Crippen LogP contribution is 2.24. The third-order valence-corrected chi connectivity index (χ3v) is 3.96. The summed E-state index contributed by atoms with van der Waals surface area (Å²) in [5.41, 5.74) is 2.95. The first-order valence-electron chi connectivity index (χ1n) is 7.55. The van der Waals surface area contributed by atoms with E-state index < -0.39 is 0 Å². The van der Waals surface area contributed by atoms with Crippen LogP contribution in [0.4, 0.5) is 0 Å². The summed E-state index contributed by atoms with van der Waals surface area (Å²) in [5.74, 6) is 0.276. The number of benzene rings is 3. The number of aromatic hydroxyl groups is 1. The lowest BCUT2D eigenvalue weighted by Gasteiger charge is -2.04. The van der Waals surface area contributed by atoms with E-state index in [1.807, 2.05) is 30.4 Å². The second-order valence-corrected chi connectivity index (χ2v) is 5.51. The number of fused-ring (bicyclic) bond motifs is 3. The van der Waals surface area contributed by atoms with Gasteiger partial charge >= 0.3 is 0 Å². The lowest BCUT2D eigenvalue weighted by molar-refractivity contribution is 0.475. The molecule has 1 N–H and O–H groups in total. The molecule has 0 spiro atoms. The van der Waals surface area contributed by atoms with Crippen molar-refractivity contribution in [3.63, 3.8) is 0 Å². The smallest absolute Gasteiger partial charge is 0.115 e. The van der Waals surface area contributed by atoms with Gasteiger partial charge in [-0.2, -0.15) is 0 Å². The van der Waals surface area contributed by atoms with Gasteiger partial charge in [0.05, 0.1) is 11.2 Å². The normalized spacial score (nSPS) is 11.5. The van der Waals surface area contributed by atoms with Crippen molar-refractivity contribution in [2.75, 3.05) is 0 Å². The van der Waals surface area contributed by atoms with Crippen molar-refractivity contribution in [3.05, 3.63) is 84.1 Å². The van der Waals surface area contributed by atoms with Gasteiger partial charge in [0, 0.05) is 5.39 Å². The van der Waals surface area contributed by atoms with Gasteiger partial charge in [0.1, 0.15) is 5.75 Å². The van der Waals surface area contributed by atoms with Gasteiger partial charge in [-0.1, -0.05) is 54.6 Å². The van der Waals surface area contributed by atoms with E-state index in [9.17, 15) is 5.11 Å². The highest BCUT2D eigenvalue weighted by atomic mass is 16.3. The molecule has 3 aromatic carbocycles. The quantitative estimate of drug-likeness (QED) is 0.512. The summed E-state index contributed by atoms with van der Waals surface area (Å²) < 4.78 is 0. The van der Waals surface area contributed by atoms with Gasteiger partial charge in [-0.25, -0.2) is 4.98 Å². The Morgan fingerprint density at radius 3 is 2.39 bits per heavy atom. The van der Waals surface area contributed by atoms with Gasteiger partial charge < -0.3 is 5.11 Å². The largest absolute Gasteiger partial charge is 0.508 e. The Labute approximate surface area is 134 Å². The van der Waals surface area contributed by atoms with Gasteiger partial charge in [-0.05, 0) is 46.7 Å². The van der Waals surface area contributed by atoms with Crippen LogP contribution in [0.5, 0.6) is 5.75 Å². The highest BCUT2D eigenvalue weighted by molar-refractivity contribution is 6.06. The van der Waals surface area contributed by atoms with Gasteiger partial charge in [0.15, 0.2) is 0 Å². The van der Waals surface area contributed by atoms with Crippen LogP contribution in [0.1, 0.15) is 11.3 Å². The van der Waals surface area contributed by atoms with Crippen LogP contribution in [0.2, 0.25) is 0 Å². The Morgan fingerprint density at radius 1 is 0.696 bits per heavy atom. The Morgan fingerprint density at radius 2 is 1.52 bits per heavy atom. The van der Waals surface area contributed by atoms with E-state index in [-0.39, 0.29) is 5.75 Å². The molecular weight excluding hydrogens is 282 g/mol. The van der Waals surface area contributed by atoms with E-state index in [4.69, 9.17) is 4.98 Å². The number of pyridine rings is 1. The third kappa shape index (κ3) is 2.67. The summed E-state index contributed by atoms with van der Waals surface area (Å²) in [7, 11) is 0. The fourth-order valence-electron chi connectivity index (χ4n) is 2.76. The molecular formula is C21H15NO. The fraction of sp³-hybridized carbons (Fsp3) is 0. The summed E-state index contributed by atoms with van der Waals surface area (Å²) in [6, 6.07) is 23.8. The molecule has 0 atom stereocenters. The van der Waals surface area contributed by atoms with E-state index >= 15 is 0 Å². The topological polar surface area (TPSA) is 33.1 Å². The van der Waals surface area contributed by atoms with Gasteiger partial charge in [-0.3, -0.25) is 0 Å². The van der Waals surface area contributed by atoms with Crippen molar-refractivity contribution in [1.82, 2.24) is 4.98 Å². The van der Waals surface area contributed by atoms with E-state index in [1.54, 1.807) is 12.1 Å². The molecule has 0 amide bonds. The van der Waals surface area contributed by atoms with Crippen molar-refractivity contribution >= 4 is 33.8 Å². The minimum Gasteiger partial charge on any atom is -0.508 e. The monoisotopic (exact) mass is 297 g/mol. The molecule has 1 aromatic heterocycles. The first-order valence-corrected chi connectivity index (χ1v) is 7.55. The number of hydrogen-bond donors (Lipinski definition) is 1. The molecule has 4 rings (SSSR count). The third-order valence-electron chi connectivity index (χ3n) is 3.96. The first kappa shape index (κ1) is 13.5. The van der Waals surface area contributed by atoms with Crippen LogP contribution in [-0.2, 0) is 0 Å². The molecule has 0 aliphatic rings. The second kappa shape index (κ2) is 5.58. The molecule has 0 fully saturated rings. The number of phenolic OH excluding ortho intramolecular Hbond substituents is 1. The molecule has 0 aliphatic carbocycles. The summed E-state index contributed by atoms with van der Waals surface area (Å²) >= 11 is 0. The Balaban J connectivity index is 1.74. The minimum absolute atomic E-state index is 0.276. The average molecular weight is 297 g/mol. The Hall–Kier alpha value is -3.13. The molecule has 0 bridgehead atoms. The predicted molar refractivity (Wildman–Crippen MR) is 96.3 cm³/mol. The molecule has 2 nitrogen and oxygen atoms in total. The standard InChI is InChI=1S/C21H15NO/c23-18-11-6-15(7-12-18)5-9-17-10-13-20-19-4-2-1-3-16(19)8-14-21(20)22-17/h1-14,23H. The van der Waals surface area contributed by atoms with Crippen molar-refractivity contribution in [3.8, 4) is 5.75 Å². The summed E-state index contributed by atoms with van der Waals surface area (Å²) in [4.78, 5) is 4.72. The zero-order valence-corrected chi connectivity index (χ0v) is 12.5. The lowest BCUT2D eigenvalue weighted by atomic mass is 10.0. The van der Waals surface area contributed by atoms with Crippen molar-refractivity contribution in [1.29, 1.82) is 0 Å². The van der Waals surface area contributed by atoms with Gasteiger partial charge in [-0.15, -0.1) is 0 Å². The first-order chi connectivity index (χ1) is 11.3. The molecule has 0 saturated carbocycles. The predicted octanol–water partition coefficient (Wildman–Crippen LogP) is 5.26. The van der Waals surface area contributed by atoms with Crippen LogP contribution >= 0.6 is 0 Å². The van der Waals surface area contributed by atoms with Gasteiger partial charge in [0.25, 0.3) is 0 Å². The Bertz CT molecular complexity index is 1020. The summed E-state index contributed by atoms with van der Waals surface area (Å²) in [6.45, 7) is 0. The average Bonchev–Trinajstić information content (AvgIpc) is 2.61. The molecule has 110 valence electrons. The summed E-state index contributed by atoms with van der Waals surface area (Å²) in [5, 5.41) is 12.9. The molecule has 2 heteroatoms. The molecule has 4 aromatic rings. The number of rotatable bonds is 2. The van der Waals surface area contributed by atoms with E-state index in [2.05, 4.69) is 42.5 Å². The maximum Gasteiger partial charge on any atom is 0.115 e. The molecule has 1 heterocycles. The number of phenols is 1. The zero-order valence-electron chi connectivity index (χ0n) is 12.5. The van der Waals surface area contributed by atoms with Gasteiger partial charge in [0.2, 0.25) is 0 Å². The second-order valence-electron chi connectivity index (χ2n) is 5.51. The van der Waals surface area contributed by atoms with Crippen molar-refractivity contribution in [2.45, 2.75) is 0 Å². The zero-order chi connectivity index (χ0) is 15.6. The highest BCUT2D eigenvalue weighted by Gasteiger charge is 2.01. The van der Waals surface area contributed by atoms with E-state index in [0.29, 0.717) is 0 Å². The fourth-order valence-corrected chi connectivity index (χ4v) is 2.76. The molecule has 23 heavy (non-hydrogen) atoms. The van der Waals surface area contributed by atoms with Crippen LogP contribution in [0, 0.1) is 0 Å². The molecule has 0 radical (unpaired) electrons. The van der Waals surface area contributed by atoms with Crippen LogP contribution in [0.15, 0.2) is 72.8 Å². The SMILES string of the molecule is Oc1ccc(C=Cc2ccc3c(ccc4ccccc43)n2)cc1. The molecule has 0 aliphatic heterocycles. The Kier molecular flexibility index (Phi) is 3.28. The van der Waals surface area contributed by atoms with Crippen molar-refractivity contribution in [2.24, 2.45) is 0 Å². The lowest BCUT2D eigenvalue weighted by Crippen LogP contribution is -1.84. The summed E-state index contributed by atoms with van der Waals surface area (Å²) in [6.07, 6.45) is 3.98. The molecule has 0 saturated heterocycles. The van der Waals surface area contributed by atoms with Crippen molar-refractivity contribution < 1.29 is 5.11 Å². The van der Waals surface area contributed by atoms with Crippen LogP contribution < -0.4 is 0 Å². The van der Waals surface area contributed by atoms with Crippen LogP contribution in [0.25, 0.3) is 33.8 Å². The maximum absolute atomic E-state index is 9.31. The number of hydrogen-bond acceptors (Lipinski definition) is 2. The van der Waals surface area contributed by atoms with Crippen LogP contribution in [-0.4, -0.2) is 10.1 Å². The minimum atomic E-state index is 0.276. The maximum atomic E-state index is 9.31. The van der Waals surface area contributed by atoms with Crippen LogP contribution in [0.3, 0.4) is 0 Å². The number of aromatic nitrogens is 1. The molecule has 0 unspecified atom stereocenters. The van der Waals surface area contributed by atoms with E-state index in [1.165, 1.54) is 16.2 Å². The number of nitrogens with zero attached hydrogens (tertiary/aromatic N) is 1. The van der Waals surface area contributed by atoms with E-state index in [0.717, 1.165) is 16.8 Å².